The Morgan fingerprint density at radius 2 is 1.80 bits per heavy atom. The molecule has 0 aromatic carbocycles. The maximum Gasteiger partial charge on any atom is 0.183 e. The normalized spacial score (nSPS) is 48.0. The van der Waals surface area contributed by atoms with E-state index in [-0.39, 0.29) is 0 Å². The van der Waals surface area contributed by atoms with E-state index < -0.39 is 24.6 Å². The minimum Gasteiger partial charge on any atom is -0.387 e. The van der Waals surface area contributed by atoms with Gasteiger partial charge < -0.3 is 20.1 Å². The number of ether oxygens (including phenoxy) is 1. The molecule has 0 radical (unpaired) electrons. The quantitative estimate of drug-likeness (QED) is 0.479. The number of aliphatic hydroxyl groups is 3. The smallest absolute Gasteiger partial charge is 0.183 e. The third-order valence-electron chi connectivity index (χ3n) is 1.49. The number of alkyl halides is 1. The number of rotatable bonds is 1. The van der Waals surface area contributed by atoms with Crippen LogP contribution in [0.15, 0.2) is 0 Å². The van der Waals surface area contributed by atoms with E-state index in [2.05, 4.69) is 15.9 Å². The van der Waals surface area contributed by atoms with Gasteiger partial charge in [-0.05, 0) is 0 Å². The van der Waals surface area contributed by atoms with Gasteiger partial charge in [0, 0.05) is 5.33 Å². The zero-order valence-corrected chi connectivity index (χ0v) is 6.73. The van der Waals surface area contributed by atoms with E-state index in [1.54, 1.807) is 0 Å². The van der Waals surface area contributed by atoms with Crippen molar-refractivity contribution in [3.05, 3.63) is 0 Å². The van der Waals surface area contributed by atoms with Crippen molar-refractivity contribution in [1.82, 2.24) is 0 Å². The summed E-state index contributed by atoms with van der Waals surface area (Å²) in [7, 11) is 0. The lowest BCUT2D eigenvalue weighted by atomic mass is 10.2. The zero-order valence-electron chi connectivity index (χ0n) is 5.14. The van der Waals surface area contributed by atoms with Crippen LogP contribution in [0.5, 0.6) is 0 Å². The first kappa shape index (κ1) is 8.42. The van der Waals surface area contributed by atoms with Gasteiger partial charge in [0.25, 0.3) is 0 Å². The molecule has 1 aliphatic rings. The lowest BCUT2D eigenvalue weighted by Crippen LogP contribution is -2.32. The van der Waals surface area contributed by atoms with Gasteiger partial charge in [-0.15, -0.1) is 0 Å². The van der Waals surface area contributed by atoms with Crippen LogP contribution in [0.1, 0.15) is 0 Å². The average molecular weight is 213 g/mol. The summed E-state index contributed by atoms with van der Waals surface area (Å²) in [4.78, 5) is 0. The van der Waals surface area contributed by atoms with Gasteiger partial charge in [-0.25, -0.2) is 0 Å². The van der Waals surface area contributed by atoms with E-state index >= 15 is 0 Å². The maximum absolute atomic E-state index is 9.06. The van der Waals surface area contributed by atoms with Crippen molar-refractivity contribution in [3.63, 3.8) is 0 Å². The van der Waals surface area contributed by atoms with Gasteiger partial charge in [0.05, 0.1) is 6.10 Å². The summed E-state index contributed by atoms with van der Waals surface area (Å²) >= 11 is 3.06. The summed E-state index contributed by atoms with van der Waals surface area (Å²) in [6, 6.07) is 0. The largest absolute Gasteiger partial charge is 0.387 e. The van der Waals surface area contributed by atoms with Crippen molar-refractivity contribution in [1.29, 1.82) is 0 Å². The van der Waals surface area contributed by atoms with Crippen molar-refractivity contribution in [3.8, 4) is 0 Å². The molecule has 3 N–H and O–H groups in total. The molecular weight excluding hydrogens is 204 g/mol. The summed E-state index contributed by atoms with van der Waals surface area (Å²) in [5.74, 6) is 0. The summed E-state index contributed by atoms with van der Waals surface area (Å²) in [6.45, 7) is 0. The second-order valence-electron chi connectivity index (χ2n) is 2.20. The summed E-state index contributed by atoms with van der Waals surface area (Å²) < 4.78 is 4.74. The molecule has 0 unspecified atom stereocenters. The first-order chi connectivity index (χ1) is 4.66. The predicted octanol–water partition coefficient (Wildman–Crippen LogP) is -1.18. The highest BCUT2D eigenvalue weighted by Crippen LogP contribution is 2.20. The molecule has 1 fully saturated rings. The van der Waals surface area contributed by atoms with Crippen molar-refractivity contribution in [2.75, 3.05) is 5.33 Å². The zero-order chi connectivity index (χ0) is 7.72. The Balaban J connectivity index is 2.53. The highest BCUT2D eigenvalue weighted by Gasteiger charge is 2.40. The third-order valence-corrected chi connectivity index (χ3v) is 2.13. The molecule has 0 aliphatic carbocycles. The SMILES string of the molecule is O[C@@H]1[C@H](O)[C@@H](CBr)O[C@@H]1O. The van der Waals surface area contributed by atoms with E-state index in [4.69, 9.17) is 20.1 Å². The molecule has 0 aromatic rings. The summed E-state index contributed by atoms with van der Waals surface area (Å²) in [5, 5.41) is 27.2. The van der Waals surface area contributed by atoms with Gasteiger partial charge in [-0.3, -0.25) is 0 Å². The van der Waals surface area contributed by atoms with Crippen LogP contribution in [0, 0.1) is 0 Å². The lowest BCUT2D eigenvalue weighted by molar-refractivity contribution is -0.123. The van der Waals surface area contributed by atoms with E-state index in [0.29, 0.717) is 5.33 Å². The molecule has 10 heavy (non-hydrogen) atoms. The first-order valence-corrected chi connectivity index (χ1v) is 4.04. The minimum atomic E-state index is -1.25. The first-order valence-electron chi connectivity index (χ1n) is 2.92. The molecule has 0 aromatic heterocycles. The van der Waals surface area contributed by atoms with E-state index in [1.807, 2.05) is 0 Å². The van der Waals surface area contributed by atoms with Gasteiger partial charge in [0.15, 0.2) is 6.29 Å². The highest BCUT2D eigenvalue weighted by molar-refractivity contribution is 9.09. The molecule has 4 atom stereocenters. The molecule has 5 heteroatoms. The van der Waals surface area contributed by atoms with Crippen LogP contribution < -0.4 is 0 Å². The predicted molar refractivity (Wildman–Crippen MR) is 36.7 cm³/mol. The molecule has 60 valence electrons. The Labute approximate surface area is 66.6 Å². The number of halogens is 1. The standard InChI is InChI=1S/C5H9BrO4/c6-1-2-3(7)4(8)5(9)10-2/h2-5,7-9H,1H2/t2-,3-,4-,5+/m1/s1. The molecule has 1 aliphatic heterocycles. The minimum absolute atomic E-state index is 0.405. The molecule has 1 saturated heterocycles. The maximum atomic E-state index is 9.06. The third kappa shape index (κ3) is 1.33. The van der Waals surface area contributed by atoms with Crippen LogP contribution in [-0.4, -0.2) is 45.3 Å². The molecule has 0 amide bonds. The molecule has 0 bridgehead atoms. The fourth-order valence-corrected chi connectivity index (χ4v) is 1.39. The summed E-state index contributed by atoms with van der Waals surface area (Å²) in [5.41, 5.74) is 0. The Hall–Kier alpha value is 0.320. The fourth-order valence-electron chi connectivity index (χ4n) is 0.856. The van der Waals surface area contributed by atoms with Crippen molar-refractivity contribution in [2.45, 2.75) is 24.6 Å². The Bertz CT molecular complexity index is 120. The van der Waals surface area contributed by atoms with Crippen molar-refractivity contribution >= 4 is 15.9 Å². The van der Waals surface area contributed by atoms with Gasteiger partial charge in [-0.1, -0.05) is 15.9 Å². The molecule has 1 heterocycles. The van der Waals surface area contributed by atoms with E-state index in [9.17, 15) is 0 Å². The highest BCUT2D eigenvalue weighted by atomic mass is 79.9. The van der Waals surface area contributed by atoms with E-state index in [0.717, 1.165) is 0 Å². The van der Waals surface area contributed by atoms with Crippen molar-refractivity contribution < 1.29 is 20.1 Å². The number of aliphatic hydroxyl groups excluding tert-OH is 3. The monoisotopic (exact) mass is 212 g/mol. The second kappa shape index (κ2) is 3.15. The van der Waals surface area contributed by atoms with Crippen LogP contribution in [0.25, 0.3) is 0 Å². The topological polar surface area (TPSA) is 69.9 Å². The average Bonchev–Trinajstić information content (AvgIpc) is 2.17. The Kier molecular flexibility index (Phi) is 2.65. The number of hydrogen-bond acceptors (Lipinski definition) is 4. The molecule has 4 nitrogen and oxygen atoms in total. The van der Waals surface area contributed by atoms with Crippen LogP contribution in [0.2, 0.25) is 0 Å². The second-order valence-corrected chi connectivity index (χ2v) is 2.85. The number of hydrogen-bond donors (Lipinski definition) is 3. The molecule has 1 rings (SSSR count). The molecule has 0 saturated carbocycles. The van der Waals surface area contributed by atoms with Gasteiger partial charge in [0.2, 0.25) is 0 Å². The molecule has 0 spiro atoms. The van der Waals surface area contributed by atoms with Crippen LogP contribution in [-0.2, 0) is 4.74 Å². The van der Waals surface area contributed by atoms with Gasteiger partial charge in [0.1, 0.15) is 12.2 Å². The summed E-state index contributed by atoms with van der Waals surface area (Å²) in [6.07, 6.45) is -3.93. The van der Waals surface area contributed by atoms with Gasteiger partial charge >= 0.3 is 0 Å². The van der Waals surface area contributed by atoms with Crippen LogP contribution in [0.3, 0.4) is 0 Å². The Morgan fingerprint density at radius 3 is 2.00 bits per heavy atom. The van der Waals surface area contributed by atoms with Crippen LogP contribution in [0.4, 0.5) is 0 Å². The van der Waals surface area contributed by atoms with Crippen molar-refractivity contribution in [2.24, 2.45) is 0 Å². The Morgan fingerprint density at radius 1 is 1.20 bits per heavy atom. The van der Waals surface area contributed by atoms with E-state index in [1.165, 1.54) is 0 Å². The lowest BCUT2D eigenvalue weighted by Gasteiger charge is -2.09. The molecular formula is C5H9BrO4. The van der Waals surface area contributed by atoms with Crippen LogP contribution >= 0.6 is 15.9 Å². The van der Waals surface area contributed by atoms with Gasteiger partial charge in [-0.2, -0.15) is 0 Å². The fraction of sp³-hybridized carbons (Fsp3) is 1.00.